The van der Waals surface area contributed by atoms with Gasteiger partial charge in [0.05, 0.1) is 32.3 Å². The van der Waals surface area contributed by atoms with E-state index in [1.54, 1.807) is 42.5 Å². The summed E-state index contributed by atoms with van der Waals surface area (Å²) in [7, 11) is 5.01. The van der Waals surface area contributed by atoms with Crippen molar-refractivity contribution in [2.75, 3.05) is 34.4 Å². The number of carbonyl (C=O) groups excluding carboxylic acids is 2. The summed E-state index contributed by atoms with van der Waals surface area (Å²) in [5.74, 6) is 0.647. The fourth-order valence-corrected chi connectivity index (χ4v) is 3.98. The molecule has 1 aliphatic rings. The number of piperidine rings is 1. The van der Waals surface area contributed by atoms with Gasteiger partial charge in [0.15, 0.2) is 11.6 Å². The smallest absolute Gasteiger partial charge is 0.328 e. The lowest BCUT2D eigenvalue weighted by molar-refractivity contribution is 0.0850. The van der Waals surface area contributed by atoms with Gasteiger partial charge in [-0.1, -0.05) is 18.2 Å². The summed E-state index contributed by atoms with van der Waals surface area (Å²) in [5, 5.41) is 0. The fraction of sp³-hybridized carbons (Fsp3) is 0.346. The van der Waals surface area contributed by atoms with Crippen LogP contribution in [0.15, 0.2) is 48.5 Å². The zero-order chi connectivity index (χ0) is 24.8. The van der Waals surface area contributed by atoms with Crippen LogP contribution >= 0.6 is 0 Å². The number of methoxy groups -OCH3 is 2. The van der Waals surface area contributed by atoms with Crippen molar-refractivity contribution in [2.45, 2.75) is 19.3 Å². The molecule has 9 heteroatoms. The molecule has 2 aromatic heterocycles. The molecule has 1 aliphatic heterocycles. The van der Waals surface area contributed by atoms with Crippen molar-refractivity contribution in [1.29, 1.82) is 0 Å². The molecule has 182 valence electrons. The lowest BCUT2D eigenvalue weighted by Crippen LogP contribution is -2.33. The third kappa shape index (κ3) is 5.99. The molecule has 0 amide bonds. The Kier molecular flexibility index (Phi) is 7.67. The minimum absolute atomic E-state index is 0.00899. The molecule has 0 saturated carbocycles. The fourth-order valence-electron chi connectivity index (χ4n) is 3.98. The Labute approximate surface area is 204 Å². The number of ketones is 2. The van der Waals surface area contributed by atoms with Gasteiger partial charge in [0.2, 0.25) is 11.8 Å². The number of hydrogen-bond acceptors (Lipinski definition) is 9. The van der Waals surface area contributed by atoms with Crippen molar-refractivity contribution in [2.24, 2.45) is 5.92 Å². The van der Waals surface area contributed by atoms with Crippen LogP contribution in [0.3, 0.4) is 0 Å². The van der Waals surface area contributed by atoms with E-state index in [-0.39, 0.29) is 41.7 Å². The largest absolute Gasteiger partial charge is 0.481 e. The normalized spacial score (nSPS) is 14.4. The number of rotatable bonds is 9. The lowest BCUT2D eigenvalue weighted by atomic mass is 9.91. The maximum atomic E-state index is 13.2. The van der Waals surface area contributed by atoms with Gasteiger partial charge in [0.1, 0.15) is 11.4 Å². The van der Waals surface area contributed by atoms with Crippen LogP contribution in [0.4, 0.5) is 0 Å². The van der Waals surface area contributed by atoms with Crippen molar-refractivity contribution >= 4 is 11.6 Å². The van der Waals surface area contributed by atoms with E-state index in [9.17, 15) is 9.59 Å². The average Bonchev–Trinajstić information content (AvgIpc) is 2.89. The Balaban J connectivity index is 1.51. The second kappa shape index (κ2) is 11.1. The second-order valence-corrected chi connectivity index (χ2v) is 8.39. The van der Waals surface area contributed by atoms with Gasteiger partial charge >= 0.3 is 6.01 Å². The van der Waals surface area contributed by atoms with Crippen molar-refractivity contribution in [3.63, 3.8) is 0 Å². The Morgan fingerprint density at radius 1 is 0.943 bits per heavy atom. The SMILES string of the molecule is COc1cc(OC)nc(Oc2ccccc2C(=O)Cc2cccc(C(=O)C3CCN(C)CC3)n2)n1. The summed E-state index contributed by atoms with van der Waals surface area (Å²) < 4.78 is 16.1. The van der Waals surface area contributed by atoms with Gasteiger partial charge in [-0.15, -0.1) is 0 Å². The van der Waals surface area contributed by atoms with Crippen LogP contribution < -0.4 is 14.2 Å². The first kappa shape index (κ1) is 24.3. The van der Waals surface area contributed by atoms with Gasteiger partial charge in [0, 0.05) is 11.6 Å². The molecule has 4 rings (SSSR count). The monoisotopic (exact) mass is 476 g/mol. The third-order valence-electron chi connectivity index (χ3n) is 5.96. The Morgan fingerprint density at radius 3 is 2.31 bits per heavy atom. The van der Waals surface area contributed by atoms with Crippen LogP contribution in [-0.4, -0.2) is 65.8 Å². The predicted molar refractivity (Wildman–Crippen MR) is 128 cm³/mol. The third-order valence-corrected chi connectivity index (χ3v) is 5.96. The number of Topliss-reactive ketones (excluding diaryl/α,β-unsaturated/α-hetero) is 2. The van der Waals surface area contributed by atoms with E-state index < -0.39 is 0 Å². The first-order chi connectivity index (χ1) is 17.0. The van der Waals surface area contributed by atoms with Crippen molar-refractivity contribution in [3.8, 4) is 23.5 Å². The maximum Gasteiger partial charge on any atom is 0.328 e. The van der Waals surface area contributed by atoms with Crippen molar-refractivity contribution < 1.29 is 23.8 Å². The van der Waals surface area contributed by atoms with Gasteiger partial charge in [-0.25, -0.2) is 4.98 Å². The number of benzene rings is 1. The molecular formula is C26H28N4O5. The second-order valence-electron chi connectivity index (χ2n) is 8.39. The number of carbonyl (C=O) groups is 2. The standard InChI is InChI=1S/C26H28N4O5/c1-30-13-11-17(12-14-30)25(32)20-9-6-7-18(27-20)15-21(31)19-8-4-5-10-22(19)35-26-28-23(33-2)16-24(29-26)34-3/h4-10,16-17H,11-15H2,1-3H3. The topological polar surface area (TPSA) is 104 Å². The quantitative estimate of drug-likeness (QED) is 0.428. The van der Waals surface area contributed by atoms with Gasteiger partial charge < -0.3 is 19.1 Å². The van der Waals surface area contributed by atoms with Crippen LogP contribution in [0, 0.1) is 5.92 Å². The summed E-state index contributed by atoms with van der Waals surface area (Å²) in [6.45, 7) is 1.79. The highest BCUT2D eigenvalue weighted by Crippen LogP contribution is 2.27. The zero-order valence-corrected chi connectivity index (χ0v) is 20.1. The Hall–Kier alpha value is -3.85. The van der Waals surface area contributed by atoms with Crippen molar-refractivity contribution in [3.05, 3.63) is 65.5 Å². The molecule has 0 unspecified atom stereocenters. The molecule has 1 saturated heterocycles. The minimum atomic E-state index is -0.202. The maximum absolute atomic E-state index is 13.2. The van der Waals surface area contributed by atoms with Crippen LogP contribution in [0.25, 0.3) is 0 Å². The van der Waals surface area contributed by atoms with Gasteiger partial charge in [-0.3, -0.25) is 9.59 Å². The summed E-state index contributed by atoms with van der Waals surface area (Å²) >= 11 is 0. The molecule has 0 atom stereocenters. The molecule has 1 aromatic carbocycles. The van der Waals surface area contributed by atoms with E-state index in [1.165, 1.54) is 20.3 Å². The molecular weight excluding hydrogens is 448 g/mol. The van der Waals surface area contributed by atoms with E-state index in [0.29, 0.717) is 22.7 Å². The van der Waals surface area contributed by atoms with Gasteiger partial charge in [-0.2, -0.15) is 9.97 Å². The zero-order valence-electron chi connectivity index (χ0n) is 20.1. The molecule has 0 spiro atoms. The molecule has 0 aliphatic carbocycles. The average molecular weight is 477 g/mol. The number of hydrogen-bond donors (Lipinski definition) is 0. The van der Waals surface area contributed by atoms with Gasteiger partial charge in [0.25, 0.3) is 0 Å². The molecule has 3 heterocycles. The highest BCUT2D eigenvalue weighted by Gasteiger charge is 2.25. The van der Waals surface area contributed by atoms with Crippen LogP contribution in [0.2, 0.25) is 0 Å². The number of aromatic nitrogens is 3. The first-order valence-corrected chi connectivity index (χ1v) is 11.4. The molecule has 0 bridgehead atoms. The summed E-state index contributed by atoms with van der Waals surface area (Å²) in [5.41, 5.74) is 1.29. The van der Waals surface area contributed by atoms with E-state index in [1.807, 2.05) is 0 Å². The number of para-hydroxylation sites is 1. The number of likely N-dealkylation sites (tertiary alicyclic amines) is 1. The van der Waals surface area contributed by atoms with Crippen LogP contribution in [0.1, 0.15) is 39.4 Å². The lowest BCUT2D eigenvalue weighted by Gasteiger charge is -2.27. The molecule has 1 fully saturated rings. The summed E-state index contributed by atoms with van der Waals surface area (Å²) in [4.78, 5) is 41.2. The molecule has 0 radical (unpaired) electrons. The Bertz CT molecular complexity index is 1190. The first-order valence-electron chi connectivity index (χ1n) is 11.4. The highest BCUT2D eigenvalue weighted by molar-refractivity contribution is 6.00. The highest BCUT2D eigenvalue weighted by atomic mass is 16.5. The van der Waals surface area contributed by atoms with Crippen LogP contribution in [0.5, 0.6) is 23.5 Å². The van der Waals surface area contributed by atoms with E-state index in [4.69, 9.17) is 14.2 Å². The molecule has 3 aromatic rings. The van der Waals surface area contributed by atoms with E-state index in [2.05, 4.69) is 26.9 Å². The Morgan fingerprint density at radius 2 is 1.63 bits per heavy atom. The number of pyridine rings is 1. The molecule has 35 heavy (non-hydrogen) atoms. The minimum Gasteiger partial charge on any atom is -0.481 e. The number of ether oxygens (including phenoxy) is 3. The predicted octanol–water partition coefficient (Wildman–Crippen LogP) is 3.63. The van der Waals surface area contributed by atoms with E-state index in [0.717, 1.165) is 25.9 Å². The molecule has 9 nitrogen and oxygen atoms in total. The molecule has 0 N–H and O–H groups in total. The van der Waals surface area contributed by atoms with Gasteiger partial charge in [-0.05, 0) is 57.2 Å². The summed E-state index contributed by atoms with van der Waals surface area (Å²) in [6.07, 6.45) is 1.67. The van der Waals surface area contributed by atoms with Crippen molar-refractivity contribution in [1.82, 2.24) is 19.9 Å². The number of nitrogens with zero attached hydrogens (tertiary/aromatic N) is 4. The summed E-state index contributed by atoms with van der Waals surface area (Å²) in [6, 6.07) is 13.6. The van der Waals surface area contributed by atoms with Crippen LogP contribution in [-0.2, 0) is 6.42 Å². The van der Waals surface area contributed by atoms with E-state index >= 15 is 0 Å².